The fraction of sp³-hybridized carbons (Fsp3) is 0.944. The average molecular weight is 278 g/mol. The summed E-state index contributed by atoms with van der Waals surface area (Å²) in [5, 5.41) is 9.88. The van der Waals surface area contributed by atoms with Crippen LogP contribution in [0.1, 0.15) is 65.2 Å². The topological polar surface area (TPSA) is 37.3 Å². The SMILES string of the molecule is C.O=C1CCC2C1CC[C@@H]1C2CC[C@@H]2C[C@@H](O)CCC21. The lowest BCUT2D eigenvalue weighted by Gasteiger charge is -2.52. The number of aliphatic hydroxyl groups excluding tert-OH is 1. The van der Waals surface area contributed by atoms with Crippen molar-refractivity contribution in [3.8, 4) is 0 Å². The van der Waals surface area contributed by atoms with E-state index in [1.54, 1.807) is 0 Å². The van der Waals surface area contributed by atoms with Crippen molar-refractivity contribution < 1.29 is 9.90 Å². The van der Waals surface area contributed by atoms with Crippen LogP contribution in [0.15, 0.2) is 0 Å². The standard InChI is InChI=1S/C17H26O2.CH4/c18-11-2-4-12-10(9-11)1-3-14-13(12)5-6-16-15(14)7-8-17(16)19;/h10-16,18H,1-9H2;1H4/t10-,11+,12?,13+,14?,15?,16?;/m1./s1. The van der Waals surface area contributed by atoms with Gasteiger partial charge in [-0.05, 0) is 81.0 Å². The molecule has 0 aromatic rings. The maximum absolute atomic E-state index is 12.0. The van der Waals surface area contributed by atoms with Crippen LogP contribution >= 0.6 is 0 Å². The van der Waals surface area contributed by atoms with Crippen LogP contribution in [0.4, 0.5) is 0 Å². The fourth-order valence-corrected chi connectivity index (χ4v) is 6.25. The second-order valence-electron chi connectivity index (χ2n) is 7.65. The molecule has 4 aliphatic rings. The van der Waals surface area contributed by atoms with Gasteiger partial charge >= 0.3 is 0 Å². The molecule has 0 radical (unpaired) electrons. The molecule has 4 rings (SSSR count). The maximum atomic E-state index is 12.0. The summed E-state index contributed by atoms with van der Waals surface area (Å²) in [4.78, 5) is 12.0. The third kappa shape index (κ3) is 2.15. The number of ketones is 1. The van der Waals surface area contributed by atoms with Crippen LogP contribution in [0.2, 0.25) is 0 Å². The van der Waals surface area contributed by atoms with E-state index in [2.05, 4.69) is 0 Å². The van der Waals surface area contributed by atoms with Crippen molar-refractivity contribution in [1.82, 2.24) is 0 Å². The number of hydrogen-bond donors (Lipinski definition) is 1. The van der Waals surface area contributed by atoms with Gasteiger partial charge in [0.25, 0.3) is 0 Å². The van der Waals surface area contributed by atoms with E-state index >= 15 is 0 Å². The van der Waals surface area contributed by atoms with E-state index in [1.807, 2.05) is 0 Å². The van der Waals surface area contributed by atoms with Crippen molar-refractivity contribution in [2.24, 2.45) is 35.5 Å². The molecule has 1 N–H and O–H groups in total. The van der Waals surface area contributed by atoms with Gasteiger partial charge in [0, 0.05) is 12.3 Å². The molecule has 0 aliphatic heterocycles. The normalized spacial score (nSPS) is 50.6. The molecule has 4 unspecified atom stereocenters. The molecular formula is C18H30O2. The van der Waals surface area contributed by atoms with Crippen LogP contribution in [0, 0.1) is 35.5 Å². The maximum Gasteiger partial charge on any atom is 0.136 e. The van der Waals surface area contributed by atoms with Crippen molar-refractivity contribution in [2.75, 3.05) is 0 Å². The van der Waals surface area contributed by atoms with Crippen molar-refractivity contribution in [1.29, 1.82) is 0 Å². The summed E-state index contributed by atoms with van der Waals surface area (Å²) in [5.74, 6) is 5.15. The van der Waals surface area contributed by atoms with E-state index in [1.165, 1.54) is 38.5 Å². The summed E-state index contributed by atoms with van der Waals surface area (Å²) in [5.41, 5.74) is 0. The van der Waals surface area contributed by atoms with Crippen molar-refractivity contribution in [2.45, 2.75) is 71.3 Å². The van der Waals surface area contributed by atoms with Crippen LogP contribution in [0.5, 0.6) is 0 Å². The molecule has 0 aromatic heterocycles. The third-order valence-electron chi connectivity index (χ3n) is 7.00. The molecular weight excluding hydrogens is 248 g/mol. The Hall–Kier alpha value is -0.370. The van der Waals surface area contributed by atoms with Gasteiger partial charge in [-0.15, -0.1) is 0 Å². The smallest absolute Gasteiger partial charge is 0.136 e. The lowest BCUT2D eigenvalue weighted by molar-refractivity contribution is -0.124. The Labute approximate surface area is 123 Å². The molecule has 4 aliphatic carbocycles. The van der Waals surface area contributed by atoms with Crippen LogP contribution in [-0.4, -0.2) is 17.0 Å². The summed E-state index contributed by atoms with van der Waals surface area (Å²) in [6.45, 7) is 0. The van der Waals surface area contributed by atoms with Gasteiger partial charge < -0.3 is 5.11 Å². The Balaban J connectivity index is 0.00000121. The molecule has 7 atom stereocenters. The molecule has 0 amide bonds. The molecule has 0 bridgehead atoms. The number of carbonyl (C=O) groups is 1. The Kier molecular flexibility index (Phi) is 3.96. The van der Waals surface area contributed by atoms with E-state index in [4.69, 9.17) is 0 Å². The van der Waals surface area contributed by atoms with Crippen LogP contribution in [-0.2, 0) is 4.79 Å². The first-order valence-electron chi connectivity index (χ1n) is 8.45. The van der Waals surface area contributed by atoms with Gasteiger partial charge in [-0.3, -0.25) is 4.79 Å². The Morgan fingerprint density at radius 2 is 1.50 bits per heavy atom. The van der Waals surface area contributed by atoms with Gasteiger partial charge in [-0.25, -0.2) is 0 Å². The Morgan fingerprint density at radius 3 is 2.35 bits per heavy atom. The number of aliphatic hydroxyl groups is 1. The minimum absolute atomic E-state index is 0. The van der Waals surface area contributed by atoms with E-state index in [-0.39, 0.29) is 13.5 Å². The molecule has 4 fully saturated rings. The molecule has 20 heavy (non-hydrogen) atoms. The zero-order valence-electron chi connectivity index (χ0n) is 11.8. The largest absolute Gasteiger partial charge is 0.393 e. The van der Waals surface area contributed by atoms with E-state index < -0.39 is 0 Å². The zero-order valence-corrected chi connectivity index (χ0v) is 11.8. The summed E-state index contributed by atoms with van der Waals surface area (Å²) in [6.07, 6.45) is 10.5. The fourth-order valence-electron chi connectivity index (χ4n) is 6.25. The van der Waals surface area contributed by atoms with Gasteiger partial charge in [-0.1, -0.05) is 7.43 Å². The molecule has 0 heterocycles. The highest BCUT2D eigenvalue weighted by Gasteiger charge is 2.51. The zero-order chi connectivity index (χ0) is 13.0. The average Bonchev–Trinajstić information content (AvgIpc) is 2.80. The molecule has 114 valence electrons. The summed E-state index contributed by atoms with van der Waals surface area (Å²) >= 11 is 0. The first-order chi connectivity index (χ1) is 9.24. The van der Waals surface area contributed by atoms with Crippen LogP contribution in [0.25, 0.3) is 0 Å². The summed E-state index contributed by atoms with van der Waals surface area (Å²) in [7, 11) is 0. The number of carbonyl (C=O) groups excluding carboxylic acids is 1. The number of hydrogen-bond acceptors (Lipinski definition) is 2. The third-order valence-corrected chi connectivity index (χ3v) is 7.00. The second kappa shape index (κ2) is 5.44. The van der Waals surface area contributed by atoms with E-state index in [0.29, 0.717) is 11.7 Å². The Morgan fingerprint density at radius 1 is 0.800 bits per heavy atom. The monoisotopic (exact) mass is 278 g/mol. The molecule has 4 saturated carbocycles. The highest BCUT2D eigenvalue weighted by Crippen LogP contribution is 2.57. The van der Waals surface area contributed by atoms with Gasteiger partial charge in [-0.2, -0.15) is 0 Å². The molecule has 2 nitrogen and oxygen atoms in total. The molecule has 0 aromatic carbocycles. The van der Waals surface area contributed by atoms with Gasteiger partial charge in [0.15, 0.2) is 0 Å². The van der Waals surface area contributed by atoms with Crippen molar-refractivity contribution >= 4 is 5.78 Å². The Bertz CT molecular complexity index is 378. The van der Waals surface area contributed by atoms with Crippen LogP contribution < -0.4 is 0 Å². The first kappa shape index (κ1) is 14.6. The van der Waals surface area contributed by atoms with Gasteiger partial charge in [0.1, 0.15) is 5.78 Å². The van der Waals surface area contributed by atoms with Gasteiger partial charge in [0.2, 0.25) is 0 Å². The van der Waals surface area contributed by atoms with Crippen molar-refractivity contribution in [3.05, 3.63) is 0 Å². The highest BCUT2D eigenvalue weighted by molar-refractivity contribution is 5.83. The van der Waals surface area contributed by atoms with Gasteiger partial charge in [0.05, 0.1) is 6.10 Å². The molecule has 0 saturated heterocycles. The highest BCUT2D eigenvalue weighted by atomic mass is 16.3. The van der Waals surface area contributed by atoms with Crippen molar-refractivity contribution in [3.63, 3.8) is 0 Å². The van der Waals surface area contributed by atoms with E-state index in [0.717, 1.165) is 48.9 Å². The number of fused-ring (bicyclic) bond motifs is 5. The molecule has 0 spiro atoms. The quantitative estimate of drug-likeness (QED) is 0.731. The van der Waals surface area contributed by atoms with E-state index in [9.17, 15) is 9.90 Å². The van der Waals surface area contributed by atoms with Crippen LogP contribution in [0.3, 0.4) is 0 Å². The summed E-state index contributed by atoms with van der Waals surface area (Å²) in [6, 6.07) is 0. The minimum Gasteiger partial charge on any atom is -0.393 e. The predicted octanol–water partition coefficient (Wildman–Crippen LogP) is 3.82. The summed E-state index contributed by atoms with van der Waals surface area (Å²) < 4.78 is 0. The second-order valence-corrected chi connectivity index (χ2v) is 7.65. The lowest BCUT2D eigenvalue weighted by atomic mass is 9.53. The number of rotatable bonds is 0. The predicted molar refractivity (Wildman–Crippen MR) is 80.2 cm³/mol. The molecule has 2 heteroatoms. The first-order valence-corrected chi connectivity index (χ1v) is 8.45. The lowest BCUT2D eigenvalue weighted by Crippen LogP contribution is -2.45. The number of Topliss-reactive ketones (excluding diaryl/α,β-unsaturated/α-hetero) is 1. The minimum atomic E-state index is -0.0257.